The number of hydrogen-bond donors (Lipinski definition) is 0. The summed E-state index contributed by atoms with van der Waals surface area (Å²) in [6, 6.07) is 25.9. The molecule has 0 aliphatic carbocycles. The zero-order valence-electron chi connectivity index (χ0n) is 39.9. The van der Waals surface area contributed by atoms with E-state index < -0.39 is 59.2 Å². The molecule has 0 radical (unpaired) electrons. The Labute approximate surface area is 403 Å². The fourth-order valence-electron chi connectivity index (χ4n) is 8.76. The van der Waals surface area contributed by atoms with Gasteiger partial charge in [-0.2, -0.15) is 0 Å². The Hall–Kier alpha value is -6.64. The van der Waals surface area contributed by atoms with Crippen LogP contribution in [0.15, 0.2) is 103 Å². The van der Waals surface area contributed by atoms with Gasteiger partial charge in [0.05, 0.1) is 61.8 Å². The molecule has 14 heteroatoms. The lowest BCUT2D eigenvalue weighted by atomic mass is 9.78. The van der Waals surface area contributed by atoms with Gasteiger partial charge in [-0.3, -0.25) is 29.0 Å². The molecule has 4 unspecified atom stereocenters. The molecule has 7 rings (SSSR count). The molecule has 364 valence electrons. The van der Waals surface area contributed by atoms with Crippen LogP contribution >= 0.6 is 0 Å². The summed E-state index contributed by atoms with van der Waals surface area (Å²) in [6.45, 7) is 11.8. The normalized spacial score (nSPS) is 19.8. The van der Waals surface area contributed by atoms with Crippen LogP contribution in [0.25, 0.3) is 6.08 Å². The number of carbonyl (C=O) groups excluding carboxylic acids is 6. The van der Waals surface area contributed by atoms with Crippen LogP contribution in [0.4, 0.5) is 11.4 Å². The van der Waals surface area contributed by atoms with Crippen LogP contribution in [-0.4, -0.2) is 75.2 Å². The number of nitrogens with zero attached hydrogens (tertiary/aromatic N) is 2. The molecule has 0 N–H and O–H groups in total. The lowest BCUT2D eigenvalue weighted by Gasteiger charge is -2.40. The first kappa shape index (κ1) is 50.2. The number of unbranched alkanes of at least 4 members (excludes halogenated alkanes) is 5. The highest BCUT2D eigenvalue weighted by Gasteiger charge is 2.58. The van der Waals surface area contributed by atoms with Crippen LogP contribution in [0, 0.1) is 29.1 Å². The maximum absolute atomic E-state index is 14.0. The summed E-state index contributed by atoms with van der Waals surface area (Å²) in [4.78, 5) is 82.9. The van der Waals surface area contributed by atoms with Crippen molar-refractivity contribution >= 4 is 53.0 Å². The minimum atomic E-state index is -1.10. The fourth-order valence-corrected chi connectivity index (χ4v) is 8.76. The van der Waals surface area contributed by atoms with Crippen molar-refractivity contribution in [3.8, 4) is 23.0 Å². The lowest BCUT2D eigenvalue weighted by molar-refractivity contribution is -0.150. The van der Waals surface area contributed by atoms with Crippen LogP contribution in [-0.2, 0) is 33.4 Å². The topological polar surface area (TPSA) is 164 Å². The van der Waals surface area contributed by atoms with Crippen molar-refractivity contribution in [2.24, 2.45) is 29.1 Å². The molecule has 4 aromatic rings. The summed E-state index contributed by atoms with van der Waals surface area (Å²) < 4.78 is 33.7. The molecule has 4 amide bonds. The van der Waals surface area contributed by atoms with Gasteiger partial charge in [-0.15, -0.1) is 0 Å². The van der Waals surface area contributed by atoms with E-state index in [0.29, 0.717) is 24.5 Å². The molecule has 0 spiro atoms. The molecule has 69 heavy (non-hydrogen) atoms. The van der Waals surface area contributed by atoms with Crippen LogP contribution < -0.4 is 28.7 Å². The van der Waals surface area contributed by atoms with Gasteiger partial charge in [0.25, 0.3) is 0 Å². The third-order valence-electron chi connectivity index (χ3n) is 13.1. The minimum absolute atomic E-state index is 0.197. The second kappa shape index (κ2) is 23.6. The SMILES string of the molecule is CCCOc1ccc(/C=C/C(=O)Oc2ccc(N3C(=O)C(C)C(C4C(=O)N(c5ccc(OC(=O)c6ccc(OCCCCCCCCOCC7(CC)COC7)cc6)cc5)C(=O)C4C)C3=O)cc2)cc1. The molecule has 14 nitrogen and oxygen atoms in total. The average molecular weight is 943 g/mol. The van der Waals surface area contributed by atoms with Gasteiger partial charge in [-0.25, -0.2) is 9.59 Å². The van der Waals surface area contributed by atoms with Crippen LogP contribution in [0.1, 0.15) is 95.0 Å². The molecule has 3 aliphatic heterocycles. The summed E-state index contributed by atoms with van der Waals surface area (Å²) in [6.07, 6.45) is 11.4. The Morgan fingerprint density at radius 2 is 1.07 bits per heavy atom. The van der Waals surface area contributed by atoms with Gasteiger partial charge in [0.15, 0.2) is 0 Å². The highest BCUT2D eigenvalue weighted by atomic mass is 16.5. The van der Waals surface area contributed by atoms with Gasteiger partial charge in [0.1, 0.15) is 23.0 Å². The molecule has 0 aromatic heterocycles. The van der Waals surface area contributed by atoms with Crippen LogP contribution in [0.2, 0.25) is 0 Å². The molecule has 4 aromatic carbocycles. The first-order valence-corrected chi connectivity index (χ1v) is 24.1. The van der Waals surface area contributed by atoms with Crippen LogP contribution in [0.3, 0.4) is 0 Å². The number of rotatable bonds is 24. The van der Waals surface area contributed by atoms with E-state index in [1.807, 2.05) is 31.2 Å². The summed E-state index contributed by atoms with van der Waals surface area (Å²) in [5, 5.41) is 0. The van der Waals surface area contributed by atoms with Crippen molar-refractivity contribution in [2.45, 2.75) is 79.1 Å². The molecule has 3 aliphatic rings. The molecule has 3 heterocycles. The minimum Gasteiger partial charge on any atom is -0.494 e. The number of amides is 4. The first-order chi connectivity index (χ1) is 33.4. The van der Waals surface area contributed by atoms with E-state index in [-0.39, 0.29) is 28.3 Å². The lowest BCUT2D eigenvalue weighted by Crippen LogP contribution is -2.45. The molecular formula is C55H62N2O12. The predicted molar refractivity (Wildman–Crippen MR) is 259 cm³/mol. The Bertz CT molecular complexity index is 2440. The monoisotopic (exact) mass is 942 g/mol. The van der Waals surface area contributed by atoms with Gasteiger partial charge in [0.2, 0.25) is 23.6 Å². The van der Waals surface area contributed by atoms with Gasteiger partial charge < -0.3 is 28.4 Å². The van der Waals surface area contributed by atoms with E-state index in [2.05, 4.69) is 6.92 Å². The van der Waals surface area contributed by atoms with Gasteiger partial charge >= 0.3 is 11.9 Å². The summed E-state index contributed by atoms with van der Waals surface area (Å²) in [5.41, 5.74) is 1.82. The van der Waals surface area contributed by atoms with Gasteiger partial charge in [-0.1, -0.05) is 65.5 Å². The molecule has 3 saturated heterocycles. The fraction of sp³-hybridized carbons (Fsp3) is 0.418. The Morgan fingerprint density at radius 3 is 1.58 bits per heavy atom. The second-order valence-corrected chi connectivity index (χ2v) is 18.1. The van der Waals surface area contributed by atoms with Crippen LogP contribution in [0.5, 0.6) is 23.0 Å². The summed E-state index contributed by atoms with van der Waals surface area (Å²) in [7, 11) is 0. The quantitative estimate of drug-likeness (QED) is 0.0215. The smallest absolute Gasteiger partial charge is 0.343 e. The third kappa shape index (κ3) is 12.3. The van der Waals surface area contributed by atoms with Crippen molar-refractivity contribution in [2.75, 3.05) is 49.4 Å². The maximum Gasteiger partial charge on any atom is 0.343 e. The van der Waals surface area contributed by atoms with E-state index in [1.165, 1.54) is 54.6 Å². The Balaban J connectivity index is 0.850. The summed E-state index contributed by atoms with van der Waals surface area (Å²) in [5.74, 6) is -5.66. The highest BCUT2D eigenvalue weighted by Crippen LogP contribution is 2.44. The average Bonchev–Trinajstić information content (AvgIpc) is 3.70. The largest absolute Gasteiger partial charge is 0.494 e. The van der Waals surface area contributed by atoms with E-state index >= 15 is 0 Å². The molecular weight excluding hydrogens is 881 g/mol. The molecule has 0 bridgehead atoms. The van der Waals surface area contributed by atoms with Gasteiger partial charge in [-0.05, 0) is 122 Å². The number of benzene rings is 4. The third-order valence-corrected chi connectivity index (χ3v) is 13.1. The van der Waals surface area contributed by atoms with E-state index in [9.17, 15) is 28.8 Å². The number of esters is 2. The summed E-state index contributed by atoms with van der Waals surface area (Å²) >= 11 is 0. The van der Waals surface area contributed by atoms with Crippen molar-refractivity contribution in [1.29, 1.82) is 0 Å². The zero-order chi connectivity index (χ0) is 48.9. The van der Waals surface area contributed by atoms with Crippen molar-refractivity contribution in [3.05, 3.63) is 114 Å². The standard InChI is InChI=1S/C55H62N2O12/c1-5-31-66-43-22-13-39(14-23-43)15-30-47(58)68-45-26-18-41(19-27-45)56-50(59)37(3)48(52(56)61)49-38(4)51(60)57(53(49)62)42-20-28-46(29-21-42)69-54(63)40-16-24-44(25-17-40)67-33-12-10-8-7-9-11-32-64-34-55(6-2)35-65-36-55/h13-30,37-38,48-49H,5-12,31-36H2,1-4H3/b30-15+. The first-order valence-electron chi connectivity index (χ1n) is 24.1. The van der Waals surface area contributed by atoms with Crippen molar-refractivity contribution in [1.82, 2.24) is 0 Å². The number of imide groups is 2. The molecule has 3 fully saturated rings. The maximum atomic E-state index is 14.0. The predicted octanol–water partition coefficient (Wildman–Crippen LogP) is 9.43. The zero-order valence-corrected chi connectivity index (χ0v) is 39.9. The van der Waals surface area contributed by atoms with E-state index in [0.717, 1.165) is 98.9 Å². The van der Waals surface area contributed by atoms with E-state index in [4.69, 9.17) is 28.4 Å². The molecule has 0 saturated carbocycles. The van der Waals surface area contributed by atoms with Crippen molar-refractivity contribution in [3.63, 3.8) is 0 Å². The molecule has 4 atom stereocenters. The number of hydrogen-bond acceptors (Lipinski definition) is 12. The van der Waals surface area contributed by atoms with Gasteiger partial charge in [0, 0.05) is 29.9 Å². The number of anilines is 2. The number of ether oxygens (including phenoxy) is 6. The Kier molecular flexibility index (Phi) is 17.2. The Morgan fingerprint density at radius 1 is 0.594 bits per heavy atom. The number of carbonyl (C=O) groups is 6. The van der Waals surface area contributed by atoms with E-state index in [1.54, 1.807) is 44.2 Å². The second-order valence-electron chi connectivity index (χ2n) is 18.1. The highest BCUT2D eigenvalue weighted by molar-refractivity contribution is 6.27. The van der Waals surface area contributed by atoms with Crippen molar-refractivity contribution < 1.29 is 57.2 Å².